The molecule has 1 saturated heterocycles. The van der Waals surface area contributed by atoms with Gasteiger partial charge in [0.1, 0.15) is 0 Å². The number of methoxy groups -OCH3 is 1. The Morgan fingerprint density at radius 3 is 2.81 bits per heavy atom. The van der Waals surface area contributed by atoms with Crippen molar-refractivity contribution in [1.82, 2.24) is 5.32 Å². The van der Waals surface area contributed by atoms with E-state index in [-0.39, 0.29) is 0 Å². The molecule has 0 bridgehead atoms. The Labute approximate surface area is 98.6 Å². The van der Waals surface area contributed by atoms with Crippen LogP contribution < -0.4 is 5.32 Å². The van der Waals surface area contributed by atoms with E-state index in [1.54, 1.807) is 7.11 Å². The second-order valence-corrected chi connectivity index (χ2v) is 4.31. The van der Waals surface area contributed by atoms with Crippen molar-refractivity contribution < 1.29 is 14.2 Å². The lowest BCUT2D eigenvalue weighted by atomic mass is 10.2. The maximum absolute atomic E-state index is 5.71. The Morgan fingerprint density at radius 2 is 2.12 bits per heavy atom. The first-order valence-electron chi connectivity index (χ1n) is 6.25. The third-order valence-corrected chi connectivity index (χ3v) is 2.77. The molecular weight excluding hydrogens is 206 g/mol. The predicted molar refractivity (Wildman–Crippen MR) is 63.8 cm³/mol. The van der Waals surface area contributed by atoms with E-state index in [2.05, 4.69) is 12.2 Å². The first kappa shape index (κ1) is 13.9. The minimum Gasteiger partial charge on any atom is -0.382 e. The molecule has 2 atom stereocenters. The number of nitrogens with one attached hydrogen (secondary N) is 1. The van der Waals surface area contributed by atoms with Crippen LogP contribution in [0.2, 0.25) is 0 Å². The highest BCUT2D eigenvalue weighted by atomic mass is 16.5. The highest BCUT2D eigenvalue weighted by molar-refractivity contribution is 4.72. The molecule has 0 saturated carbocycles. The Balaban J connectivity index is 1.78. The fourth-order valence-electron chi connectivity index (χ4n) is 1.84. The van der Waals surface area contributed by atoms with Gasteiger partial charge in [-0.05, 0) is 32.7 Å². The van der Waals surface area contributed by atoms with Gasteiger partial charge in [0, 0.05) is 20.3 Å². The quantitative estimate of drug-likeness (QED) is 0.605. The van der Waals surface area contributed by atoms with Gasteiger partial charge in [-0.2, -0.15) is 0 Å². The Hall–Kier alpha value is -0.160. The lowest BCUT2D eigenvalue weighted by Gasteiger charge is -2.12. The third kappa shape index (κ3) is 6.43. The van der Waals surface area contributed by atoms with Crippen LogP contribution >= 0.6 is 0 Å². The van der Waals surface area contributed by atoms with E-state index in [0.29, 0.717) is 25.4 Å². The molecule has 0 aromatic heterocycles. The van der Waals surface area contributed by atoms with Crippen molar-refractivity contribution in [2.75, 3.05) is 40.0 Å². The van der Waals surface area contributed by atoms with Crippen LogP contribution in [0.4, 0.5) is 0 Å². The third-order valence-electron chi connectivity index (χ3n) is 2.77. The summed E-state index contributed by atoms with van der Waals surface area (Å²) in [6, 6.07) is 0. The van der Waals surface area contributed by atoms with E-state index in [0.717, 1.165) is 26.1 Å². The fourth-order valence-corrected chi connectivity index (χ4v) is 1.84. The van der Waals surface area contributed by atoms with Crippen LogP contribution in [0.1, 0.15) is 26.2 Å². The first-order chi connectivity index (χ1) is 7.83. The van der Waals surface area contributed by atoms with Gasteiger partial charge >= 0.3 is 0 Å². The van der Waals surface area contributed by atoms with Gasteiger partial charge in [0.2, 0.25) is 0 Å². The van der Waals surface area contributed by atoms with Crippen molar-refractivity contribution in [2.24, 2.45) is 0 Å². The maximum atomic E-state index is 5.71. The summed E-state index contributed by atoms with van der Waals surface area (Å²) in [4.78, 5) is 0. The molecule has 0 aromatic rings. The maximum Gasteiger partial charge on any atom is 0.0704 e. The van der Waals surface area contributed by atoms with Gasteiger partial charge < -0.3 is 19.5 Å². The van der Waals surface area contributed by atoms with Gasteiger partial charge in [-0.1, -0.05) is 0 Å². The van der Waals surface area contributed by atoms with E-state index in [1.165, 1.54) is 12.8 Å². The standard InChI is InChI=1S/C12H25NO3/c1-11-4-5-12(16-11)10-13-6-3-7-15-9-8-14-2/h11-13H,3-10H2,1-2H3. The zero-order valence-corrected chi connectivity index (χ0v) is 10.5. The summed E-state index contributed by atoms with van der Waals surface area (Å²) in [5.41, 5.74) is 0. The molecule has 1 rings (SSSR count). The monoisotopic (exact) mass is 231 g/mol. The zero-order valence-electron chi connectivity index (χ0n) is 10.5. The first-order valence-corrected chi connectivity index (χ1v) is 6.25. The second-order valence-electron chi connectivity index (χ2n) is 4.31. The molecule has 16 heavy (non-hydrogen) atoms. The van der Waals surface area contributed by atoms with Crippen molar-refractivity contribution in [2.45, 2.75) is 38.4 Å². The molecular formula is C12H25NO3. The topological polar surface area (TPSA) is 39.7 Å². The van der Waals surface area contributed by atoms with Gasteiger partial charge in [-0.25, -0.2) is 0 Å². The van der Waals surface area contributed by atoms with Crippen LogP contribution in [0, 0.1) is 0 Å². The van der Waals surface area contributed by atoms with E-state index in [9.17, 15) is 0 Å². The number of rotatable bonds is 9. The SMILES string of the molecule is COCCOCCCNCC1CCC(C)O1. The summed E-state index contributed by atoms with van der Waals surface area (Å²) in [6.07, 6.45) is 4.31. The molecule has 4 heteroatoms. The normalized spacial score (nSPS) is 25.1. The molecule has 1 aliphatic rings. The minimum atomic E-state index is 0.421. The summed E-state index contributed by atoms with van der Waals surface area (Å²) in [6.45, 7) is 6.30. The molecule has 2 unspecified atom stereocenters. The van der Waals surface area contributed by atoms with Crippen molar-refractivity contribution in [3.8, 4) is 0 Å². The van der Waals surface area contributed by atoms with E-state index < -0.39 is 0 Å². The van der Waals surface area contributed by atoms with Crippen LogP contribution in [0.25, 0.3) is 0 Å². The average molecular weight is 231 g/mol. The Morgan fingerprint density at radius 1 is 1.25 bits per heavy atom. The summed E-state index contributed by atoms with van der Waals surface area (Å²) >= 11 is 0. The minimum absolute atomic E-state index is 0.421. The smallest absolute Gasteiger partial charge is 0.0704 e. The van der Waals surface area contributed by atoms with Crippen LogP contribution in [0.3, 0.4) is 0 Å². The highest BCUT2D eigenvalue weighted by Crippen LogP contribution is 2.17. The van der Waals surface area contributed by atoms with E-state index in [4.69, 9.17) is 14.2 Å². The van der Waals surface area contributed by atoms with Crippen molar-refractivity contribution >= 4 is 0 Å². The summed E-state index contributed by atoms with van der Waals surface area (Å²) in [7, 11) is 1.69. The number of hydrogen-bond donors (Lipinski definition) is 1. The highest BCUT2D eigenvalue weighted by Gasteiger charge is 2.20. The molecule has 1 N–H and O–H groups in total. The molecule has 0 aromatic carbocycles. The fraction of sp³-hybridized carbons (Fsp3) is 1.00. The molecule has 4 nitrogen and oxygen atoms in total. The van der Waals surface area contributed by atoms with Crippen LogP contribution in [-0.2, 0) is 14.2 Å². The molecule has 1 fully saturated rings. The Kier molecular flexibility index (Phi) is 7.76. The van der Waals surface area contributed by atoms with Crippen molar-refractivity contribution in [1.29, 1.82) is 0 Å². The van der Waals surface area contributed by atoms with Gasteiger partial charge in [0.15, 0.2) is 0 Å². The van der Waals surface area contributed by atoms with Gasteiger partial charge in [0.05, 0.1) is 25.4 Å². The van der Waals surface area contributed by atoms with Crippen LogP contribution in [-0.4, -0.2) is 52.2 Å². The van der Waals surface area contributed by atoms with E-state index in [1.807, 2.05) is 0 Å². The van der Waals surface area contributed by atoms with Crippen LogP contribution in [0.15, 0.2) is 0 Å². The van der Waals surface area contributed by atoms with E-state index >= 15 is 0 Å². The Bertz CT molecular complexity index is 166. The molecule has 96 valence electrons. The van der Waals surface area contributed by atoms with Gasteiger partial charge in [0.25, 0.3) is 0 Å². The largest absolute Gasteiger partial charge is 0.382 e. The van der Waals surface area contributed by atoms with Crippen molar-refractivity contribution in [3.63, 3.8) is 0 Å². The summed E-state index contributed by atoms with van der Waals surface area (Å²) in [5.74, 6) is 0. The van der Waals surface area contributed by atoms with Gasteiger partial charge in [-0.15, -0.1) is 0 Å². The zero-order chi connectivity index (χ0) is 11.6. The molecule has 1 heterocycles. The summed E-state index contributed by atoms with van der Waals surface area (Å²) in [5, 5.41) is 3.40. The molecule has 0 spiro atoms. The lowest BCUT2D eigenvalue weighted by molar-refractivity contribution is 0.0539. The molecule has 0 aliphatic carbocycles. The van der Waals surface area contributed by atoms with Crippen molar-refractivity contribution in [3.05, 3.63) is 0 Å². The number of ether oxygens (including phenoxy) is 3. The van der Waals surface area contributed by atoms with Gasteiger partial charge in [-0.3, -0.25) is 0 Å². The number of hydrogen-bond acceptors (Lipinski definition) is 4. The predicted octanol–water partition coefficient (Wildman–Crippen LogP) is 1.20. The molecule has 1 aliphatic heterocycles. The van der Waals surface area contributed by atoms with Crippen LogP contribution in [0.5, 0.6) is 0 Å². The molecule has 0 amide bonds. The lowest BCUT2D eigenvalue weighted by Crippen LogP contribution is -2.28. The molecule has 0 radical (unpaired) electrons. The average Bonchev–Trinajstić information content (AvgIpc) is 2.68. The second kappa shape index (κ2) is 8.93. The summed E-state index contributed by atoms with van der Waals surface area (Å²) < 4.78 is 16.0.